The van der Waals surface area contributed by atoms with Crippen LogP contribution in [0.4, 0.5) is 4.79 Å². The van der Waals surface area contributed by atoms with Crippen molar-refractivity contribution >= 4 is 6.03 Å². The standard InChI is InChI=1S/C20H35N5O2/c1-15(2)13-24-9-10-25(14-16(24)8-11-26)20(27)21-12-19-17-6-4-3-5-7-18(17)22-23-19/h15-16,26H,3-14H2,1-2H3,(H,21,27)(H,22,23). The summed E-state index contributed by atoms with van der Waals surface area (Å²) in [5.41, 5.74) is 3.56. The number of aliphatic hydroxyl groups is 1. The summed E-state index contributed by atoms with van der Waals surface area (Å²) < 4.78 is 0. The normalized spacial score (nSPS) is 21.2. The minimum atomic E-state index is -0.0208. The quantitative estimate of drug-likeness (QED) is 0.661. The van der Waals surface area contributed by atoms with Crippen molar-refractivity contribution in [3.05, 3.63) is 17.0 Å². The molecule has 1 aliphatic heterocycles. The number of hydrogen-bond donors (Lipinski definition) is 3. The number of aromatic nitrogens is 2. The zero-order valence-corrected chi connectivity index (χ0v) is 16.8. The van der Waals surface area contributed by atoms with Gasteiger partial charge in [0.15, 0.2) is 0 Å². The number of aromatic amines is 1. The van der Waals surface area contributed by atoms with E-state index in [9.17, 15) is 9.90 Å². The Morgan fingerprint density at radius 3 is 2.89 bits per heavy atom. The molecule has 0 saturated carbocycles. The third kappa shape index (κ3) is 5.23. The number of aliphatic hydroxyl groups excluding tert-OH is 1. The molecule has 0 aromatic carbocycles. The monoisotopic (exact) mass is 377 g/mol. The summed E-state index contributed by atoms with van der Waals surface area (Å²) in [5, 5.41) is 20.1. The number of fused-ring (bicyclic) bond motifs is 1. The van der Waals surface area contributed by atoms with Gasteiger partial charge in [0.1, 0.15) is 0 Å². The Hall–Kier alpha value is -1.60. The maximum atomic E-state index is 12.7. The van der Waals surface area contributed by atoms with Crippen molar-refractivity contribution in [2.75, 3.05) is 32.8 Å². The zero-order chi connectivity index (χ0) is 19.2. The first kappa shape index (κ1) is 20.1. The van der Waals surface area contributed by atoms with Crippen molar-refractivity contribution in [1.29, 1.82) is 0 Å². The molecule has 1 fully saturated rings. The molecular weight excluding hydrogens is 342 g/mol. The topological polar surface area (TPSA) is 84.5 Å². The van der Waals surface area contributed by atoms with Crippen LogP contribution < -0.4 is 5.32 Å². The number of rotatable bonds is 6. The molecule has 27 heavy (non-hydrogen) atoms. The molecule has 152 valence electrons. The van der Waals surface area contributed by atoms with Gasteiger partial charge in [-0.05, 0) is 43.6 Å². The van der Waals surface area contributed by atoms with Crippen LogP contribution in [0.2, 0.25) is 0 Å². The Labute approximate surface area is 162 Å². The van der Waals surface area contributed by atoms with Gasteiger partial charge in [0.25, 0.3) is 0 Å². The number of hydrogen-bond acceptors (Lipinski definition) is 4. The summed E-state index contributed by atoms with van der Waals surface area (Å²) in [4.78, 5) is 17.0. The lowest BCUT2D eigenvalue weighted by Gasteiger charge is -2.42. The van der Waals surface area contributed by atoms with Gasteiger partial charge in [0.2, 0.25) is 0 Å². The maximum absolute atomic E-state index is 12.7. The van der Waals surface area contributed by atoms with E-state index in [1.807, 2.05) is 4.90 Å². The molecule has 1 unspecified atom stereocenters. The van der Waals surface area contributed by atoms with Crippen molar-refractivity contribution in [3.63, 3.8) is 0 Å². The molecule has 0 spiro atoms. The zero-order valence-electron chi connectivity index (χ0n) is 16.8. The highest BCUT2D eigenvalue weighted by atomic mass is 16.3. The summed E-state index contributed by atoms with van der Waals surface area (Å²) in [7, 11) is 0. The molecule has 1 aliphatic carbocycles. The third-order valence-corrected chi connectivity index (χ3v) is 5.75. The number of H-pyrrole nitrogens is 1. The molecule has 1 aromatic heterocycles. The minimum Gasteiger partial charge on any atom is -0.396 e. The van der Waals surface area contributed by atoms with Crippen molar-refractivity contribution in [2.24, 2.45) is 5.92 Å². The molecule has 7 nitrogen and oxygen atoms in total. The van der Waals surface area contributed by atoms with E-state index < -0.39 is 0 Å². The number of nitrogens with one attached hydrogen (secondary N) is 2. The van der Waals surface area contributed by atoms with Crippen LogP contribution in [-0.4, -0.2) is 70.0 Å². The fourth-order valence-electron chi connectivity index (χ4n) is 4.35. The number of nitrogens with zero attached hydrogens (tertiary/aromatic N) is 3. The smallest absolute Gasteiger partial charge is 0.317 e. The van der Waals surface area contributed by atoms with E-state index in [-0.39, 0.29) is 18.7 Å². The number of aryl methyl sites for hydroxylation is 1. The van der Waals surface area contributed by atoms with Crippen LogP contribution in [0.3, 0.4) is 0 Å². The molecule has 1 atom stereocenters. The Kier molecular flexibility index (Phi) is 7.13. The molecule has 0 bridgehead atoms. The van der Waals surface area contributed by atoms with Gasteiger partial charge < -0.3 is 15.3 Å². The average Bonchev–Trinajstić information content (AvgIpc) is 2.87. The Morgan fingerprint density at radius 1 is 1.30 bits per heavy atom. The second-order valence-corrected chi connectivity index (χ2v) is 8.35. The molecule has 3 N–H and O–H groups in total. The second-order valence-electron chi connectivity index (χ2n) is 8.35. The number of carbonyl (C=O) groups excluding carboxylic acids is 1. The van der Waals surface area contributed by atoms with Crippen molar-refractivity contribution in [1.82, 2.24) is 25.3 Å². The van der Waals surface area contributed by atoms with Gasteiger partial charge in [0, 0.05) is 44.5 Å². The fraction of sp³-hybridized carbons (Fsp3) is 0.800. The van der Waals surface area contributed by atoms with E-state index in [0.717, 1.165) is 38.2 Å². The molecule has 2 aliphatic rings. The largest absolute Gasteiger partial charge is 0.396 e. The van der Waals surface area contributed by atoms with E-state index in [1.165, 1.54) is 30.5 Å². The highest BCUT2D eigenvalue weighted by molar-refractivity contribution is 5.74. The Balaban J connectivity index is 1.54. The predicted octanol–water partition coefficient (Wildman–Crippen LogP) is 1.91. The first-order chi connectivity index (χ1) is 13.1. The van der Waals surface area contributed by atoms with E-state index >= 15 is 0 Å². The van der Waals surface area contributed by atoms with Crippen molar-refractivity contribution < 1.29 is 9.90 Å². The number of carbonyl (C=O) groups is 1. The summed E-state index contributed by atoms with van der Waals surface area (Å²) in [6.45, 7) is 8.37. The SMILES string of the molecule is CC(C)CN1CCN(C(=O)NCc2n[nH]c3c2CCCCC3)CC1CCO. The molecule has 0 radical (unpaired) electrons. The lowest BCUT2D eigenvalue weighted by Crippen LogP contribution is -2.57. The lowest BCUT2D eigenvalue weighted by atomic mass is 10.1. The minimum absolute atomic E-state index is 0.0208. The first-order valence-electron chi connectivity index (χ1n) is 10.5. The molecule has 1 saturated heterocycles. The van der Waals surface area contributed by atoms with Gasteiger partial charge in [0.05, 0.1) is 12.2 Å². The van der Waals surface area contributed by atoms with Crippen LogP contribution in [0.15, 0.2) is 0 Å². The van der Waals surface area contributed by atoms with E-state index in [0.29, 0.717) is 25.4 Å². The van der Waals surface area contributed by atoms with Gasteiger partial charge >= 0.3 is 6.03 Å². The summed E-state index contributed by atoms with van der Waals surface area (Å²) in [6.07, 6.45) is 6.52. The van der Waals surface area contributed by atoms with Gasteiger partial charge in [-0.3, -0.25) is 10.00 Å². The van der Waals surface area contributed by atoms with Crippen LogP contribution in [0, 0.1) is 5.92 Å². The number of urea groups is 1. The lowest BCUT2D eigenvalue weighted by molar-refractivity contribution is 0.0654. The highest BCUT2D eigenvalue weighted by Crippen LogP contribution is 2.21. The Bertz CT molecular complexity index is 616. The van der Waals surface area contributed by atoms with E-state index in [2.05, 4.69) is 34.3 Å². The van der Waals surface area contributed by atoms with E-state index in [4.69, 9.17) is 0 Å². The molecule has 7 heteroatoms. The molecular formula is C20H35N5O2. The van der Waals surface area contributed by atoms with Crippen LogP contribution in [0.1, 0.15) is 56.5 Å². The predicted molar refractivity (Wildman–Crippen MR) is 106 cm³/mol. The third-order valence-electron chi connectivity index (χ3n) is 5.75. The summed E-state index contributed by atoms with van der Waals surface area (Å²) in [5.74, 6) is 0.585. The first-order valence-corrected chi connectivity index (χ1v) is 10.5. The average molecular weight is 378 g/mol. The van der Waals surface area contributed by atoms with E-state index in [1.54, 1.807) is 0 Å². The van der Waals surface area contributed by atoms with Gasteiger partial charge in [-0.1, -0.05) is 20.3 Å². The van der Waals surface area contributed by atoms with Crippen LogP contribution >= 0.6 is 0 Å². The summed E-state index contributed by atoms with van der Waals surface area (Å²) in [6, 6.07) is 0.214. The Morgan fingerprint density at radius 2 is 2.11 bits per heavy atom. The fourth-order valence-corrected chi connectivity index (χ4v) is 4.35. The molecule has 2 amide bonds. The molecule has 2 heterocycles. The number of piperazine rings is 1. The summed E-state index contributed by atoms with van der Waals surface area (Å²) >= 11 is 0. The second kappa shape index (κ2) is 9.55. The van der Waals surface area contributed by atoms with Gasteiger partial charge in [-0.2, -0.15) is 5.10 Å². The number of amides is 2. The van der Waals surface area contributed by atoms with Crippen molar-refractivity contribution in [3.8, 4) is 0 Å². The van der Waals surface area contributed by atoms with Crippen LogP contribution in [0.25, 0.3) is 0 Å². The molecule has 1 aromatic rings. The van der Waals surface area contributed by atoms with Crippen LogP contribution in [-0.2, 0) is 19.4 Å². The maximum Gasteiger partial charge on any atom is 0.317 e. The highest BCUT2D eigenvalue weighted by Gasteiger charge is 2.29. The van der Waals surface area contributed by atoms with Gasteiger partial charge in [-0.25, -0.2) is 4.79 Å². The molecule has 3 rings (SSSR count). The van der Waals surface area contributed by atoms with Crippen LogP contribution in [0.5, 0.6) is 0 Å². The van der Waals surface area contributed by atoms with Crippen molar-refractivity contribution in [2.45, 2.75) is 65.0 Å². The van der Waals surface area contributed by atoms with Gasteiger partial charge in [-0.15, -0.1) is 0 Å².